The summed E-state index contributed by atoms with van der Waals surface area (Å²) in [5.41, 5.74) is -0.514. The van der Waals surface area contributed by atoms with Crippen molar-refractivity contribution in [2.24, 2.45) is 11.8 Å². The first-order chi connectivity index (χ1) is 5.79. The number of hydrogen-bond acceptors (Lipinski definition) is 2. The van der Waals surface area contributed by atoms with Crippen LogP contribution in [0.2, 0.25) is 0 Å². The number of aliphatic hydroxyl groups excluding tert-OH is 1. The lowest BCUT2D eigenvalue weighted by molar-refractivity contribution is 0.0945. The highest BCUT2D eigenvalue weighted by Gasteiger charge is 2.61. The van der Waals surface area contributed by atoms with Crippen molar-refractivity contribution in [2.75, 3.05) is 6.61 Å². The second-order valence-electron chi connectivity index (χ2n) is 3.97. The second-order valence-corrected chi connectivity index (χ2v) is 3.97. The number of aliphatic hydroxyl groups is 2. The highest BCUT2D eigenvalue weighted by atomic mass is 16.3. The van der Waals surface area contributed by atoms with Crippen LogP contribution in [-0.2, 0) is 0 Å². The Hall–Kier alpha value is -0.340. The molecule has 2 aliphatic rings. The van der Waals surface area contributed by atoms with Gasteiger partial charge in [-0.2, -0.15) is 0 Å². The smallest absolute Gasteiger partial charge is 0.0737 e. The van der Waals surface area contributed by atoms with Gasteiger partial charge < -0.3 is 10.2 Å². The minimum Gasteiger partial charge on any atom is -0.396 e. The number of hydrogen-bond donors (Lipinski definition) is 2. The van der Waals surface area contributed by atoms with Crippen LogP contribution in [0.3, 0.4) is 0 Å². The molecular weight excluding hydrogens is 152 g/mol. The highest BCUT2D eigenvalue weighted by molar-refractivity contribution is 5.13. The van der Waals surface area contributed by atoms with E-state index in [1.807, 2.05) is 0 Å². The summed E-state index contributed by atoms with van der Waals surface area (Å²) in [7, 11) is 0. The Labute approximate surface area is 72.9 Å². The molecule has 1 fully saturated rings. The van der Waals surface area contributed by atoms with Gasteiger partial charge in [0, 0.05) is 12.5 Å². The molecule has 0 heterocycles. The lowest BCUT2D eigenvalue weighted by Crippen LogP contribution is -2.14. The van der Waals surface area contributed by atoms with Crippen LogP contribution in [-0.4, -0.2) is 22.4 Å². The Balaban J connectivity index is 2.04. The van der Waals surface area contributed by atoms with Gasteiger partial charge in [-0.1, -0.05) is 12.2 Å². The van der Waals surface area contributed by atoms with Crippen molar-refractivity contribution in [1.29, 1.82) is 0 Å². The molecule has 68 valence electrons. The number of rotatable bonds is 1. The van der Waals surface area contributed by atoms with Crippen molar-refractivity contribution in [3.8, 4) is 0 Å². The van der Waals surface area contributed by atoms with Gasteiger partial charge in [-0.3, -0.25) is 0 Å². The van der Waals surface area contributed by atoms with Crippen LogP contribution in [0.1, 0.15) is 25.7 Å². The third-order valence-corrected chi connectivity index (χ3v) is 3.38. The fourth-order valence-corrected chi connectivity index (χ4v) is 2.52. The third-order valence-electron chi connectivity index (χ3n) is 3.38. The van der Waals surface area contributed by atoms with Crippen molar-refractivity contribution in [3.63, 3.8) is 0 Å². The molecule has 0 aromatic carbocycles. The van der Waals surface area contributed by atoms with Crippen molar-refractivity contribution in [1.82, 2.24) is 0 Å². The molecule has 0 aromatic heterocycles. The molecule has 2 N–H and O–H groups in total. The quantitative estimate of drug-likeness (QED) is 0.575. The predicted octanol–water partition coefficient (Wildman–Crippen LogP) is 1.09. The Morgan fingerprint density at radius 2 is 2.08 bits per heavy atom. The Bertz CT molecular complexity index is 200. The fraction of sp³-hybridized carbons (Fsp3) is 0.800. The summed E-state index contributed by atoms with van der Waals surface area (Å²) in [5.74, 6) is 0.532. The van der Waals surface area contributed by atoms with E-state index in [1.165, 1.54) is 0 Å². The number of fused-ring (bicyclic) bond motifs is 1. The zero-order chi connectivity index (χ0) is 8.60. The predicted molar refractivity (Wildman–Crippen MR) is 46.6 cm³/mol. The normalized spacial score (nSPS) is 48.8. The summed E-state index contributed by atoms with van der Waals surface area (Å²) in [5, 5.41) is 19.0. The lowest BCUT2D eigenvalue weighted by Gasteiger charge is -2.10. The van der Waals surface area contributed by atoms with Crippen molar-refractivity contribution < 1.29 is 10.2 Å². The first-order valence-corrected chi connectivity index (χ1v) is 4.77. The van der Waals surface area contributed by atoms with E-state index >= 15 is 0 Å². The maximum Gasteiger partial charge on any atom is 0.0737 e. The van der Waals surface area contributed by atoms with Gasteiger partial charge in [-0.05, 0) is 31.6 Å². The van der Waals surface area contributed by atoms with E-state index in [-0.39, 0.29) is 12.5 Å². The first kappa shape index (κ1) is 8.27. The average Bonchev–Trinajstić information content (AvgIpc) is 2.56. The zero-order valence-corrected chi connectivity index (χ0v) is 7.24. The summed E-state index contributed by atoms with van der Waals surface area (Å²) in [4.78, 5) is 0. The van der Waals surface area contributed by atoms with Gasteiger partial charge in [0.2, 0.25) is 0 Å². The molecule has 0 radical (unpaired) electrons. The Morgan fingerprint density at radius 3 is 2.83 bits per heavy atom. The molecule has 0 aromatic rings. The van der Waals surface area contributed by atoms with Crippen LogP contribution in [0.25, 0.3) is 0 Å². The molecule has 2 heteroatoms. The SMILES string of the molecule is OCC1C2CC/C=C/CCC12O. The summed E-state index contributed by atoms with van der Waals surface area (Å²) < 4.78 is 0. The average molecular weight is 168 g/mol. The van der Waals surface area contributed by atoms with Crippen molar-refractivity contribution >= 4 is 0 Å². The zero-order valence-electron chi connectivity index (χ0n) is 7.24. The summed E-state index contributed by atoms with van der Waals surface area (Å²) >= 11 is 0. The standard InChI is InChI=1S/C10H16O2/c11-7-9-8-5-3-1-2-4-6-10(8,9)12/h1-2,8-9,11-12H,3-7H2/b2-1+. The molecule has 0 spiro atoms. The van der Waals surface area contributed by atoms with Crippen LogP contribution >= 0.6 is 0 Å². The Kier molecular flexibility index (Phi) is 1.97. The minimum atomic E-state index is -0.514. The molecule has 0 saturated heterocycles. The molecule has 3 atom stereocenters. The largest absolute Gasteiger partial charge is 0.396 e. The van der Waals surface area contributed by atoms with E-state index in [9.17, 15) is 5.11 Å². The van der Waals surface area contributed by atoms with Gasteiger partial charge in [0.25, 0.3) is 0 Å². The molecule has 3 unspecified atom stereocenters. The maximum atomic E-state index is 10.0. The number of allylic oxidation sites excluding steroid dienone is 2. The second kappa shape index (κ2) is 2.86. The van der Waals surface area contributed by atoms with Crippen LogP contribution in [0.5, 0.6) is 0 Å². The molecule has 0 amide bonds. The molecule has 2 nitrogen and oxygen atoms in total. The minimum absolute atomic E-state index is 0.154. The fourth-order valence-electron chi connectivity index (χ4n) is 2.52. The monoisotopic (exact) mass is 168 g/mol. The van der Waals surface area contributed by atoms with E-state index in [0.717, 1.165) is 25.7 Å². The van der Waals surface area contributed by atoms with Crippen molar-refractivity contribution in [2.45, 2.75) is 31.3 Å². The van der Waals surface area contributed by atoms with Crippen LogP contribution in [0.15, 0.2) is 12.2 Å². The molecule has 2 rings (SSSR count). The highest BCUT2D eigenvalue weighted by Crippen LogP contribution is 2.56. The van der Waals surface area contributed by atoms with Crippen molar-refractivity contribution in [3.05, 3.63) is 12.2 Å². The van der Waals surface area contributed by atoms with Crippen LogP contribution in [0, 0.1) is 11.8 Å². The van der Waals surface area contributed by atoms with Crippen LogP contribution < -0.4 is 0 Å². The summed E-state index contributed by atoms with van der Waals surface area (Å²) in [6.45, 7) is 0.154. The topological polar surface area (TPSA) is 40.5 Å². The maximum absolute atomic E-state index is 10.0. The lowest BCUT2D eigenvalue weighted by atomic mass is 10.0. The van der Waals surface area contributed by atoms with Gasteiger partial charge >= 0.3 is 0 Å². The van der Waals surface area contributed by atoms with E-state index in [1.54, 1.807) is 0 Å². The summed E-state index contributed by atoms with van der Waals surface area (Å²) in [6, 6.07) is 0. The molecule has 2 aliphatic carbocycles. The van der Waals surface area contributed by atoms with E-state index < -0.39 is 5.60 Å². The van der Waals surface area contributed by atoms with Gasteiger partial charge in [0.05, 0.1) is 5.60 Å². The molecular formula is C10H16O2. The molecule has 0 aliphatic heterocycles. The molecule has 0 bridgehead atoms. The van der Waals surface area contributed by atoms with Gasteiger partial charge in [-0.15, -0.1) is 0 Å². The Morgan fingerprint density at radius 1 is 1.33 bits per heavy atom. The third kappa shape index (κ3) is 1.10. The molecule has 12 heavy (non-hydrogen) atoms. The summed E-state index contributed by atoms with van der Waals surface area (Å²) in [6.07, 6.45) is 8.22. The van der Waals surface area contributed by atoms with Gasteiger partial charge in [0.15, 0.2) is 0 Å². The van der Waals surface area contributed by atoms with E-state index in [4.69, 9.17) is 5.11 Å². The van der Waals surface area contributed by atoms with Gasteiger partial charge in [0.1, 0.15) is 0 Å². The van der Waals surface area contributed by atoms with E-state index in [2.05, 4.69) is 12.2 Å². The van der Waals surface area contributed by atoms with Gasteiger partial charge in [-0.25, -0.2) is 0 Å². The van der Waals surface area contributed by atoms with Crippen LogP contribution in [0.4, 0.5) is 0 Å². The first-order valence-electron chi connectivity index (χ1n) is 4.77. The van der Waals surface area contributed by atoms with E-state index in [0.29, 0.717) is 5.92 Å². The molecule has 1 saturated carbocycles.